The number of hydrogen-bond donors (Lipinski definition) is 1. The van der Waals surface area contributed by atoms with Crippen molar-refractivity contribution in [2.75, 3.05) is 13.7 Å². The first kappa shape index (κ1) is 18.1. The van der Waals surface area contributed by atoms with Crippen LogP contribution in [0, 0.1) is 5.82 Å². The molecule has 0 atom stereocenters. The van der Waals surface area contributed by atoms with E-state index in [0.717, 1.165) is 18.5 Å². The van der Waals surface area contributed by atoms with E-state index in [4.69, 9.17) is 4.74 Å². The molecule has 3 aromatic rings. The van der Waals surface area contributed by atoms with E-state index in [-0.39, 0.29) is 17.6 Å². The second-order valence-corrected chi connectivity index (χ2v) is 6.58. The van der Waals surface area contributed by atoms with Gasteiger partial charge in [-0.05, 0) is 44.0 Å². The number of aromatic nitrogens is 4. The van der Waals surface area contributed by atoms with Gasteiger partial charge in [0.25, 0.3) is 11.9 Å². The second kappa shape index (κ2) is 7.38. The average Bonchev–Trinajstić information content (AvgIpc) is 3.45. The number of carbonyl (C=O) groups is 1. The summed E-state index contributed by atoms with van der Waals surface area (Å²) in [5.74, 6) is 0.185. The summed E-state index contributed by atoms with van der Waals surface area (Å²) in [4.78, 5) is 21.2. The van der Waals surface area contributed by atoms with Crippen LogP contribution in [0.2, 0.25) is 0 Å². The fraction of sp³-hybridized carbons (Fsp3) is 0.300. The van der Waals surface area contributed by atoms with Crippen LogP contribution in [0.4, 0.5) is 4.39 Å². The number of benzene rings is 1. The van der Waals surface area contributed by atoms with Gasteiger partial charge in [-0.2, -0.15) is 5.10 Å². The summed E-state index contributed by atoms with van der Waals surface area (Å²) in [7, 11) is 1.42. The second-order valence-electron chi connectivity index (χ2n) is 6.58. The van der Waals surface area contributed by atoms with E-state index in [1.807, 2.05) is 6.92 Å². The Labute approximate surface area is 161 Å². The van der Waals surface area contributed by atoms with Crippen LogP contribution in [-0.4, -0.2) is 39.3 Å². The molecule has 28 heavy (non-hydrogen) atoms. The number of ether oxygens (including phenoxy) is 1. The zero-order valence-corrected chi connectivity index (χ0v) is 15.6. The Hall–Kier alpha value is -3.29. The maximum Gasteiger partial charge on any atom is 0.254 e. The van der Waals surface area contributed by atoms with E-state index in [2.05, 4.69) is 20.4 Å². The number of amides is 1. The minimum Gasteiger partial charge on any atom is -0.494 e. The first-order valence-corrected chi connectivity index (χ1v) is 9.15. The van der Waals surface area contributed by atoms with Gasteiger partial charge in [0.1, 0.15) is 0 Å². The Balaban J connectivity index is 1.74. The Kier molecular flexibility index (Phi) is 4.77. The lowest BCUT2D eigenvalue weighted by Crippen LogP contribution is -2.23. The lowest BCUT2D eigenvalue weighted by molar-refractivity contribution is 0.0955. The van der Waals surface area contributed by atoms with Crippen molar-refractivity contribution in [3.63, 3.8) is 0 Å². The molecule has 2 aromatic heterocycles. The topological polar surface area (TPSA) is 81.9 Å². The minimum absolute atomic E-state index is 0.149. The first-order chi connectivity index (χ1) is 13.6. The Bertz CT molecular complexity index is 1030. The average molecular weight is 381 g/mol. The van der Waals surface area contributed by atoms with Crippen LogP contribution in [0.25, 0.3) is 17.2 Å². The van der Waals surface area contributed by atoms with Gasteiger partial charge in [-0.1, -0.05) is 0 Å². The van der Waals surface area contributed by atoms with Crippen molar-refractivity contribution in [3.05, 3.63) is 53.7 Å². The number of hydrogen-bond acceptors (Lipinski definition) is 5. The van der Waals surface area contributed by atoms with Crippen LogP contribution in [0.15, 0.2) is 36.7 Å². The van der Waals surface area contributed by atoms with Crippen molar-refractivity contribution < 1.29 is 13.9 Å². The standard InChI is InChI=1S/C20H20FN5O2/c1-3-22-19(27)14-11-24-26(18(14)12-4-5-12)20-23-9-8-16(25-20)13-6-7-17(28-2)15(21)10-13/h6-12H,3-5H2,1-2H3,(H,22,27). The predicted octanol–water partition coefficient (Wildman–Crippen LogP) is 3.10. The van der Waals surface area contributed by atoms with E-state index < -0.39 is 5.82 Å². The third-order valence-corrected chi connectivity index (χ3v) is 4.63. The summed E-state index contributed by atoms with van der Waals surface area (Å²) in [6.45, 7) is 2.42. The number of nitrogens with zero attached hydrogens (tertiary/aromatic N) is 4. The molecule has 1 aliphatic carbocycles. The largest absolute Gasteiger partial charge is 0.494 e. The van der Waals surface area contributed by atoms with Gasteiger partial charge in [0.2, 0.25) is 0 Å². The van der Waals surface area contributed by atoms with E-state index >= 15 is 0 Å². The molecule has 1 fully saturated rings. The van der Waals surface area contributed by atoms with Crippen LogP contribution in [-0.2, 0) is 0 Å². The van der Waals surface area contributed by atoms with Gasteiger partial charge < -0.3 is 10.1 Å². The molecule has 8 heteroatoms. The van der Waals surface area contributed by atoms with Crippen LogP contribution >= 0.6 is 0 Å². The highest BCUT2D eigenvalue weighted by Crippen LogP contribution is 2.42. The predicted molar refractivity (Wildman–Crippen MR) is 101 cm³/mol. The van der Waals surface area contributed by atoms with Crippen molar-refractivity contribution in [2.45, 2.75) is 25.7 Å². The summed E-state index contributed by atoms with van der Waals surface area (Å²) < 4.78 is 20.7. The molecule has 1 aromatic carbocycles. The van der Waals surface area contributed by atoms with Gasteiger partial charge in [-0.15, -0.1) is 0 Å². The summed E-state index contributed by atoms with van der Waals surface area (Å²) in [5.41, 5.74) is 2.53. The highest BCUT2D eigenvalue weighted by molar-refractivity contribution is 5.95. The van der Waals surface area contributed by atoms with E-state index in [1.54, 1.807) is 35.3 Å². The number of rotatable bonds is 6. The number of methoxy groups -OCH3 is 1. The molecule has 1 aliphatic rings. The molecule has 0 radical (unpaired) electrons. The summed E-state index contributed by atoms with van der Waals surface area (Å²) in [6.07, 6.45) is 5.16. The van der Waals surface area contributed by atoms with Crippen molar-refractivity contribution >= 4 is 5.91 Å². The molecule has 144 valence electrons. The quantitative estimate of drug-likeness (QED) is 0.710. The van der Waals surface area contributed by atoms with Crippen LogP contribution in [0.3, 0.4) is 0 Å². The molecule has 2 heterocycles. The maximum absolute atomic E-state index is 14.1. The molecule has 1 N–H and O–H groups in total. The van der Waals surface area contributed by atoms with Crippen molar-refractivity contribution in [1.29, 1.82) is 0 Å². The molecule has 4 rings (SSSR count). The molecule has 1 amide bonds. The number of carbonyl (C=O) groups excluding carboxylic acids is 1. The minimum atomic E-state index is -0.462. The van der Waals surface area contributed by atoms with Crippen LogP contribution < -0.4 is 10.1 Å². The first-order valence-electron chi connectivity index (χ1n) is 9.15. The Morgan fingerprint density at radius 1 is 1.36 bits per heavy atom. The normalized spacial score (nSPS) is 13.4. The lowest BCUT2D eigenvalue weighted by atomic mass is 10.1. The van der Waals surface area contributed by atoms with Gasteiger partial charge in [0.15, 0.2) is 11.6 Å². The molecule has 1 saturated carbocycles. The highest BCUT2D eigenvalue weighted by Gasteiger charge is 2.33. The molecular formula is C20H20FN5O2. The maximum atomic E-state index is 14.1. The molecule has 0 saturated heterocycles. The van der Waals surface area contributed by atoms with Gasteiger partial charge in [0, 0.05) is 24.2 Å². The number of nitrogens with one attached hydrogen (secondary N) is 1. The van der Waals surface area contributed by atoms with Crippen molar-refractivity contribution in [2.24, 2.45) is 0 Å². The Morgan fingerprint density at radius 2 is 2.18 bits per heavy atom. The van der Waals surface area contributed by atoms with Crippen LogP contribution in [0.1, 0.15) is 41.7 Å². The molecular weight excluding hydrogens is 361 g/mol. The van der Waals surface area contributed by atoms with Crippen LogP contribution in [0.5, 0.6) is 5.75 Å². The third-order valence-electron chi connectivity index (χ3n) is 4.63. The zero-order chi connectivity index (χ0) is 19.7. The van der Waals surface area contributed by atoms with Gasteiger partial charge in [0.05, 0.1) is 30.3 Å². The molecule has 0 aliphatic heterocycles. The van der Waals surface area contributed by atoms with Crippen molar-refractivity contribution in [1.82, 2.24) is 25.1 Å². The summed E-state index contributed by atoms with van der Waals surface area (Å²) in [5, 5.41) is 7.18. The van der Waals surface area contributed by atoms with E-state index in [1.165, 1.54) is 13.2 Å². The molecule has 0 bridgehead atoms. The SMILES string of the molecule is CCNC(=O)c1cnn(-c2nccc(-c3ccc(OC)c(F)c3)n2)c1C1CC1. The van der Waals surface area contributed by atoms with E-state index in [0.29, 0.717) is 29.3 Å². The lowest BCUT2D eigenvalue weighted by Gasteiger charge is -2.09. The zero-order valence-electron chi connectivity index (χ0n) is 15.6. The highest BCUT2D eigenvalue weighted by atomic mass is 19.1. The molecule has 0 spiro atoms. The Morgan fingerprint density at radius 3 is 2.86 bits per heavy atom. The fourth-order valence-electron chi connectivity index (χ4n) is 3.13. The summed E-state index contributed by atoms with van der Waals surface area (Å²) in [6, 6.07) is 6.37. The van der Waals surface area contributed by atoms with Gasteiger partial charge in [-0.3, -0.25) is 4.79 Å². The smallest absolute Gasteiger partial charge is 0.254 e. The van der Waals surface area contributed by atoms with E-state index in [9.17, 15) is 9.18 Å². The third kappa shape index (κ3) is 3.33. The van der Waals surface area contributed by atoms with Gasteiger partial charge >= 0.3 is 0 Å². The molecule has 0 unspecified atom stereocenters. The molecule has 7 nitrogen and oxygen atoms in total. The van der Waals surface area contributed by atoms with Crippen molar-refractivity contribution in [3.8, 4) is 23.0 Å². The fourth-order valence-corrected chi connectivity index (χ4v) is 3.13. The monoisotopic (exact) mass is 381 g/mol. The number of halogens is 1. The summed E-state index contributed by atoms with van der Waals surface area (Å²) >= 11 is 0. The van der Waals surface area contributed by atoms with Gasteiger partial charge in [-0.25, -0.2) is 19.0 Å².